The molecule has 0 aromatic heterocycles. The number of benzene rings is 2. The molecule has 2 aromatic carbocycles. The molecular weight excluding hydrogens is 254 g/mol. The van der Waals surface area contributed by atoms with Gasteiger partial charge in [-0.05, 0) is 29.9 Å². The molecule has 2 aliphatic rings. The molecule has 0 bridgehead atoms. The molecular formula is C20H22N. The molecule has 4 rings (SSSR count). The highest BCUT2D eigenvalue weighted by Crippen LogP contribution is 2.50. The summed E-state index contributed by atoms with van der Waals surface area (Å²) in [7, 11) is 0. The second-order valence-corrected chi connectivity index (χ2v) is 6.81. The van der Waals surface area contributed by atoms with Crippen molar-refractivity contribution in [2.75, 3.05) is 0 Å². The Bertz CT molecular complexity index is 663. The zero-order chi connectivity index (χ0) is 14.3. The summed E-state index contributed by atoms with van der Waals surface area (Å²) < 4.78 is 0. The summed E-state index contributed by atoms with van der Waals surface area (Å²) in [4.78, 5) is 0. The van der Waals surface area contributed by atoms with Crippen molar-refractivity contribution in [3.8, 4) is 11.1 Å². The average Bonchev–Trinajstić information content (AvgIpc) is 2.75. The highest BCUT2D eigenvalue weighted by atomic mass is 14.9. The van der Waals surface area contributed by atoms with E-state index < -0.39 is 0 Å². The lowest BCUT2D eigenvalue weighted by Crippen LogP contribution is -2.21. The Kier molecular flexibility index (Phi) is 3.02. The molecule has 2 aromatic rings. The Morgan fingerprint density at radius 2 is 1.52 bits per heavy atom. The molecule has 1 nitrogen and oxygen atoms in total. The van der Waals surface area contributed by atoms with E-state index in [1.54, 1.807) is 0 Å². The second-order valence-electron chi connectivity index (χ2n) is 6.81. The third-order valence-electron chi connectivity index (χ3n) is 5.32. The van der Waals surface area contributed by atoms with Gasteiger partial charge in [-0.3, -0.25) is 0 Å². The fraction of sp³-hybridized carbons (Fsp3) is 0.400. The second kappa shape index (κ2) is 4.91. The first-order valence-electron chi connectivity index (χ1n) is 8.23. The lowest BCUT2D eigenvalue weighted by atomic mass is 9.75. The van der Waals surface area contributed by atoms with Crippen molar-refractivity contribution in [1.82, 2.24) is 5.32 Å². The Morgan fingerprint density at radius 3 is 2.33 bits per heavy atom. The maximum Gasteiger partial charge on any atom is 0.0753 e. The number of fused-ring (bicyclic) bond motifs is 3. The summed E-state index contributed by atoms with van der Waals surface area (Å²) in [5.41, 5.74) is 6.77. The van der Waals surface area contributed by atoms with Gasteiger partial charge in [0.25, 0.3) is 0 Å². The minimum Gasteiger partial charge on any atom is -0.247 e. The van der Waals surface area contributed by atoms with Gasteiger partial charge in [0.2, 0.25) is 0 Å². The van der Waals surface area contributed by atoms with E-state index in [0.717, 1.165) is 5.69 Å². The van der Waals surface area contributed by atoms with Crippen molar-refractivity contribution < 1.29 is 0 Å². The SMILES string of the molecule is CC1(c2cccc3c2[N]c2ccccc2-3)CCCCCC1. The molecule has 0 spiro atoms. The zero-order valence-corrected chi connectivity index (χ0v) is 12.7. The van der Waals surface area contributed by atoms with Crippen molar-refractivity contribution in [3.63, 3.8) is 0 Å². The van der Waals surface area contributed by atoms with Gasteiger partial charge in [-0.15, -0.1) is 0 Å². The van der Waals surface area contributed by atoms with Crippen LogP contribution >= 0.6 is 0 Å². The third-order valence-corrected chi connectivity index (χ3v) is 5.32. The monoisotopic (exact) mass is 276 g/mol. The number of rotatable bonds is 1. The molecule has 0 saturated heterocycles. The van der Waals surface area contributed by atoms with Gasteiger partial charge in [0.05, 0.1) is 11.4 Å². The van der Waals surface area contributed by atoms with Crippen LogP contribution in [0.1, 0.15) is 51.0 Å². The Morgan fingerprint density at radius 1 is 0.810 bits per heavy atom. The van der Waals surface area contributed by atoms with E-state index in [0.29, 0.717) is 5.41 Å². The van der Waals surface area contributed by atoms with E-state index in [2.05, 4.69) is 49.4 Å². The largest absolute Gasteiger partial charge is 0.247 e. The van der Waals surface area contributed by atoms with Gasteiger partial charge in [0.1, 0.15) is 0 Å². The molecule has 1 saturated carbocycles. The van der Waals surface area contributed by atoms with Gasteiger partial charge in [-0.1, -0.05) is 69.0 Å². The molecule has 21 heavy (non-hydrogen) atoms. The minimum absolute atomic E-state index is 0.299. The van der Waals surface area contributed by atoms with E-state index >= 15 is 0 Å². The average molecular weight is 276 g/mol. The normalized spacial score (nSPS) is 19.3. The predicted octanol–water partition coefficient (Wildman–Crippen LogP) is 5.85. The molecule has 1 aliphatic carbocycles. The number of para-hydroxylation sites is 2. The maximum atomic E-state index is 4.97. The Hall–Kier alpha value is -1.76. The number of nitrogens with zero attached hydrogens (tertiary/aromatic N) is 1. The van der Waals surface area contributed by atoms with Crippen molar-refractivity contribution in [3.05, 3.63) is 48.0 Å². The summed E-state index contributed by atoms with van der Waals surface area (Å²) in [6.07, 6.45) is 8.09. The van der Waals surface area contributed by atoms with Crippen molar-refractivity contribution >= 4 is 11.4 Å². The Balaban J connectivity index is 1.82. The van der Waals surface area contributed by atoms with Crippen molar-refractivity contribution in [1.29, 1.82) is 0 Å². The van der Waals surface area contributed by atoms with Crippen molar-refractivity contribution in [2.24, 2.45) is 0 Å². The van der Waals surface area contributed by atoms with Crippen LogP contribution in [0.2, 0.25) is 0 Å². The number of hydrogen-bond donors (Lipinski definition) is 0. The summed E-state index contributed by atoms with van der Waals surface area (Å²) in [6, 6.07) is 15.3. The molecule has 1 heteroatoms. The smallest absolute Gasteiger partial charge is 0.0753 e. The molecule has 0 amide bonds. The third kappa shape index (κ3) is 2.07. The first-order valence-corrected chi connectivity index (χ1v) is 8.23. The van der Waals surface area contributed by atoms with Crippen LogP contribution in [0.5, 0.6) is 0 Å². The molecule has 0 atom stereocenters. The van der Waals surface area contributed by atoms with E-state index in [9.17, 15) is 0 Å². The van der Waals surface area contributed by atoms with Gasteiger partial charge in [-0.2, -0.15) is 0 Å². The van der Waals surface area contributed by atoms with E-state index in [1.165, 1.54) is 60.9 Å². The maximum absolute atomic E-state index is 4.97. The van der Waals surface area contributed by atoms with Crippen LogP contribution in [0.3, 0.4) is 0 Å². The van der Waals surface area contributed by atoms with E-state index in [-0.39, 0.29) is 0 Å². The fourth-order valence-corrected chi connectivity index (χ4v) is 4.07. The van der Waals surface area contributed by atoms with E-state index in [4.69, 9.17) is 5.32 Å². The van der Waals surface area contributed by atoms with E-state index in [1.807, 2.05) is 0 Å². The van der Waals surface area contributed by atoms with Crippen LogP contribution in [0.25, 0.3) is 11.1 Å². The topological polar surface area (TPSA) is 14.1 Å². The summed E-state index contributed by atoms with van der Waals surface area (Å²) in [5, 5.41) is 4.97. The lowest BCUT2D eigenvalue weighted by Gasteiger charge is -2.30. The first-order chi connectivity index (χ1) is 10.3. The van der Waals surface area contributed by atoms with Gasteiger partial charge in [0, 0.05) is 11.1 Å². The molecule has 1 aliphatic heterocycles. The van der Waals surface area contributed by atoms with Crippen LogP contribution in [0.15, 0.2) is 42.5 Å². The fourth-order valence-electron chi connectivity index (χ4n) is 4.07. The summed E-state index contributed by atoms with van der Waals surface area (Å²) >= 11 is 0. The van der Waals surface area contributed by atoms with Crippen molar-refractivity contribution in [2.45, 2.75) is 50.9 Å². The highest BCUT2D eigenvalue weighted by molar-refractivity contribution is 5.92. The zero-order valence-electron chi connectivity index (χ0n) is 12.7. The minimum atomic E-state index is 0.299. The molecule has 1 heterocycles. The van der Waals surface area contributed by atoms with Crippen LogP contribution in [-0.4, -0.2) is 0 Å². The quantitative estimate of drug-likeness (QED) is 0.495. The van der Waals surface area contributed by atoms with Crippen LogP contribution in [0, 0.1) is 0 Å². The molecule has 1 radical (unpaired) electrons. The first kappa shape index (κ1) is 12.9. The van der Waals surface area contributed by atoms with Gasteiger partial charge in [-0.25, -0.2) is 5.32 Å². The molecule has 0 unspecified atom stereocenters. The van der Waals surface area contributed by atoms with Crippen LogP contribution < -0.4 is 5.32 Å². The van der Waals surface area contributed by atoms with Gasteiger partial charge in [0.15, 0.2) is 0 Å². The van der Waals surface area contributed by atoms with Crippen LogP contribution in [0.4, 0.5) is 11.4 Å². The molecule has 0 N–H and O–H groups in total. The van der Waals surface area contributed by atoms with Gasteiger partial charge < -0.3 is 0 Å². The highest BCUT2D eigenvalue weighted by Gasteiger charge is 2.33. The standard InChI is InChI=1S/C20H22N/c1-20(13-6-2-3-7-14-20)17-11-8-10-16-15-9-4-5-12-18(15)21-19(16)17/h4-5,8-12H,2-3,6-7,13-14H2,1H3. The summed E-state index contributed by atoms with van der Waals surface area (Å²) in [5.74, 6) is 0. The lowest BCUT2D eigenvalue weighted by molar-refractivity contribution is 0.410. The van der Waals surface area contributed by atoms with Crippen LogP contribution in [-0.2, 0) is 5.41 Å². The predicted molar refractivity (Wildman–Crippen MR) is 88.4 cm³/mol. The summed E-state index contributed by atoms with van der Waals surface area (Å²) in [6.45, 7) is 2.45. The Labute approximate surface area is 127 Å². The molecule has 1 fully saturated rings. The van der Waals surface area contributed by atoms with Gasteiger partial charge >= 0.3 is 0 Å². The number of hydrogen-bond acceptors (Lipinski definition) is 0. The molecule has 107 valence electrons.